The van der Waals surface area contributed by atoms with Gasteiger partial charge in [-0.2, -0.15) is 8.78 Å². The highest BCUT2D eigenvalue weighted by molar-refractivity contribution is 5.58. The Balaban J connectivity index is 2.51. The van der Waals surface area contributed by atoms with Crippen molar-refractivity contribution in [3.8, 4) is 0 Å². The second-order valence-electron chi connectivity index (χ2n) is 2.17. The minimum atomic E-state index is -3.04. The number of hydrogen-bond acceptors (Lipinski definition) is 3. The molecule has 0 aromatic carbocycles. The number of aliphatic imine (C=N–C) groups is 1. The lowest BCUT2D eigenvalue weighted by Gasteiger charge is -2.19. The number of alkyl halides is 2. The van der Waals surface area contributed by atoms with Crippen LogP contribution in [0.4, 0.5) is 8.78 Å². The summed E-state index contributed by atoms with van der Waals surface area (Å²) in [5, 5.41) is 0. The molecule has 0 radical (unpaired) electrons. The van der Waals surface area contributed by atoms with Crippen LogP contribution < -0.4 is 5.73 Å². The van der Waals surface area contributed by atoms with E-state index in [4.69, 9.17) is 5.73 Å². The third-order valence-electron chi connectivity index (χ3n) is 1.23. The Labute approximate surface area is 63.2 Å². The number of nitrogens with zero attached hydrogens (tertiary/aromatic N) is 2. The first-order chi connectivity index (χ1) is 5.14. The molecule has 0 saturated carbocycles. The zero-order valence-electron chi connectivity index (χ0n) is 5.87. The number of nitrogens with two attached hydrogens (primary N) is 1. The molecule has 0 aromatic heterocycles. The Morgan fingerprint density at radius 2 is 2.27 bits per heavy atom. The summed E-state index contributed by atoms with van der Waals surface area (Å²) in [4.78, 5) is 4.50. The molecule has 0 unspecified atom stereocenters. The predicted octanol–water partition coefficient (Wildman–Crippen LogP) is 0.396. The second kappa shape index (κ2) is 2.96. The molecule has 62 valence electrons. The highest BCUT2D eigenvalue weighted by Gasteiger charge is 2.25. The summed E-state index contributed by atoms with van der Waals surface area (Å²) >= 11 is 0. The zero-order chi connectivity index (χ0) is 8.32. The molecule has 11 heavy (non-hydrogen) atoms. The summed E-state index contributed by atoms with van der Waals surface area (Å²) in [7, 11) is 0. The van der Waals surface area contributed by atoms with Gasteiger partial charge in [-0.1, -0.05) is 0 Å². The molecule has 1 rings (SSSR count). The van der Waals surface area contributed by atoms with Crippen LogP contribution in [0.15, 0.2) is 17.3 Å². The lowest BCUT2D eigenvalue weighted by atomic mass is 10.4. The van der Waals surface area contributed by atoms with Gasteiger partial charge >= 0.3 is 6.05 Å². The normalized spacial score (nSPS) is 20.8. The number of hydrogen-bond donors (Lipinski definition) is 1. The van der Waals surface area contributed by atoms with Crippen molar-refractivity contribution in [2.45, 2.75) is 6.05 Å². The van der Waals surface area contributed by atoms with Crippen molar-refractivity contribution in [3.05, 3.63) is 12.3 Å². The van der Waals surface area contributed by atoms with Crippen LogP contribution in [0.5, 0.6) is 0 Å². The fourth-order valence-corrected chi connectivity index (χ4v) is 0.699. The lowest BCUT2D eigenvalue weighted by Crippen LogP contribution is -2.28. The first-order valence-corrected chi connectivity index (χ1v) is 3.22. The standard InChI is InChI=1S/C6H9F2N3/c7-6(8)1-3-11(4-2-9)5-10-6/h1,3,5H,2,4,9H2. The molecule has 0 amide bonds. The zero-order valence-corrected chi connectivity index (χ0v) is 5.87. The highest BCUT2D eigenvalue weighted by atomic mass is 19.3. The maximum absolute atomic E-state index is 12.3. The molecule has 1 aliphatic rings. The van der Waals surface area contributed by atoms with Crippen LogP contribution in [0.1, 0.15) is 0 Å². The van der Waals surface area contributed by atoms with E-state index in [2.05, 4.69) is 4.99 Å². The average molecular weight is 161 g/mol. The third kappa shape index (κ3) is 2.27. The SMILES string of the molecule is NCCN1C=CC(F)(F)N=C1. The van der Waals surface area contributed by atoms with Gasteiger partial charge in [0.05, 0.1) is 6.34 Å². The summed E-state index contributed by atoms with van der Waals surface area (Å²) < 4.78 is 24.6. The molecule has 2 N–H and O–H groups in total. The second-order valence-corrected chi connectivity index (χ2v) is 2.17. The number of rotatable bonds is 2. The van der Waals surface area contributed by atoms with Crippen LogP contribution in [-0.2, 0) is 0 Å². The first kappa shape index (κ1) is 8.13. The number of halogens is 2. The maximum Gasteiger partial charge on any atom is 0.365 e. The average Bonchev–Trinajstić information content (AvgIpc) is 1.94. The van der Waals surface area contributed by atoms with Crippen LogP contribution in [0.3, 0.4) is 0 Å². The van der Waals surface area contributed by atoms with Crippen molar-refractivity contribution >= 4 is 6.34 Å². The van der Waals surface area contributed by atoms with Gasteiger partial charge < -0.3 is 10.6 Å². The van der Waals surface area contributed by atoms with Crippen molar-refractivity contribution in [1.82, 2.24) is 4.90 Å². The minimum Gasteiger partial charge on any atom is -0.338 e. The fraction of sp³-hybridized carbons (Fsp3) is 0.500. The van der Waals surface area contributed by atoms with Crippen molar-refractivity contribution in [3.63, 3.8) is 0 Å². The Hall–Kier alpha value is -0.970. The van der Waals surface area contributed by atoms with E-state index >= 15 is 0 Å². The van der Waals surface area contributed by atoms with E-state index in [-0.39, 0.29) is 0 Å². The summed E-state index contributed by atoms with van der Waals surface area (Å²) in [6.07, 6.45) is 3.11. The van der Waals surface area contributed by atoms with Crippen molar-refractivity contribution in [1.29, 1.82) is 0 Å². The molecular formula is C6H9F2N3. The van der Waals surface area contributed by atoms with Crippen molar-refractivity contribution in [2.75, 3.05) is 13.1 Å². The molecule has 0 atom stereocenters. The summed E-state index contributed by atoms with van der Waals surface area (Å²) in [5.74, 6) is 0. The van der Waals surface area contributed by atoms with Gasteiger partial charge in [-0.25, -0.2) is 4.99 Å². The molecule has 0 aromatic rings. The van der Waals surface area contributed by atoms with Crippen LogP contribution in [0.2, 0.25) is 0 Å². The Bertz CT molecular complexity index is 172. The van der Waals surface area contributed by atoms with E-state index in [1.54, 1.807) is 0 Å². The fourth-order valence-electron chi connectivity index (χ4n) is 0.699. The summed E-state index contributed by atoms with van der Waals surface area (Å²) in [6, 6.07) is -3.04. The molecule has 1 heterocycles. The van der Waals surface area contributed by atoms with E-state index < -0.39 is 6.05 Å². The molecular weight excluding hydrogens is 152 g/mol. The summed E-state index contributed by atoms with van der Waals surface area (Å²) in [6.45, 7) is 0.929. The molecule has 0 bridgehead atoms. The van der Waals surface area contributed by atoms with Gasteiger partial charge in [-0.05, 0) is 0 Å². The van der Waals surface area contributed by atoms with Gasteiger partial charge in [-0.3, -0.25) is 0 Å². The molecule has 5 heteroatoms. The van der Waals surface area contributed by atoms with Gasteiger partial charge in [-0.15, -0.1) is 0 Å². The van der Waals surface area contributed by atoms with Crippen LogP contribution >= 0.6 is 0 Å². The predicted molar refractivity (Wildman–Crippen MR) is 38.3 cm³/mol. The third-order valence-corrected chi connectivity index (χ3v) is 1.23. The van der Waals surface area contributed by atoms with Gasteiger partial charge in [0.25, 0.3) is 0 Å². The van der Waals surface area contributed by atoms with Gasteiger partial charge in [0, 0.05) is 25.4 Å². The Morgan fingerprint density at radius 1 is 1.55 bits per heavy atom. The van der Waals surface area contributed by atoms with Gasteiger partial charge in [0.15, 0.2) is 0 Å². The van der Waals surface area contributed by atoms with Gasteiger partial charge in [0.2, 0.25) is 0 Å². The highest BCUT2D eigenvalue weighted by Crippen LogP contribution is 2.19. The maximum atomic E-state index is 12.3. The quantitative estimate of drug-likeness (QED) is 0.595. The van der Waals surface area contributed by atoms with E-state index in [9.17, 15) is 8.78 Å². The van der Waals surface area contributed by atoms with Crippen molar-refractivity contribution in [2.24, 2.45) is 10.7 Å². The molecule has 1 aliphatic heterocycles. The molecule has 0 saturated heterocycles. The van der Waals surface area contributed by atoms with Crippen LogP contribution in [-0.4, -0.2) is 30.4 Å². The van der Waals surface area contributed by atoms with E-state index in [0.717, 1.165) is 12.4 Å². The molecule has 0 aliphatic carbocycles. The monoisotopic (exact) mass is 161 g/mol. The van der Waals surface area contributed by atoms with Crippen LogP contribution in [0, 0.1) is 0 Å². The minimum absolute atomic E-state index is 0.419. The van der Waals surface area contributed by atoms with E-state index in [1.807, 2.05) is 0 Å². The molecule has 0 spiro atoms. The van der Waals surface area contributed by atoms with E-state index in [1.165, 1.54) is 11.1 Å². The largest absolute Gasteiger partial charge is 0.365 e. The van der Waals surface area contributed by atoms with Gasteiger partial charge in [0.1, 0.15) is 0 Å². The molecule has 3 nitrogen and oxygen atoms in total. The van der Waals surface area contributed by atoms with Crippen LogP contribution in [0.25, 0.3) is 0 Å². The Kier molecular flexibility index (Phi) is 2.19. The topological polar surface area (TPSA) is 41.6 Å². The first-order valence-electron chi connectivity index (χ1n) is 3.22. The Morgan fingerprint density at radius 3 is 2.73 bits per heavy atom. The van der Waals surface area contributed by atoms with E-state index in [0.29, 0.717) is 13.1 Å². The molecule has 0 fully saturated rings. The summed E-state index contributed by atoms with van der Waals surface area (Å²) in [5.41, 5.74) is 5.20. The lowest BCUT2D eigenvalue weighted by molar-refractivity contribution is 0.0616. The smallest absolute Gasteiger partial charge is 0.338 e. The van der Waals surface area contributed by atoms with Crippen molar-refractivity contribution < 1.29 is 8.78 Å².